The van der Waals surface area contributed by atoms with Crippen LogP contribution < -0.4 is 5.73 Å². The number of sulfone groups is 1. The highest BCUT2D eigenvalue weighted by Gasteiger charge is 2.17. The van der Waals surface area contributed by atoms with E-state index in [9.17, 15) is 12.8 Å². The molecule has 0 fully saturated rings. The molecular formula is C13H12FNO2S. The van der Waals surface area contributed by atoms with Gasteiger partial charge in [-0.3, -0.25) is 0 Å². The van der Waals surface area contributed by atoms with Crippen LogP contribution in [0.3, 0.4) is 0 Å². The minimum Gasteiger partial charge on any atom is -0.399 e. The third kappa shape index (κ3) is 2.68. The molecule has 2 N–H and O–H groups in total. The van der Waals surface area contributed by atoms with E-state index in [0.717, 1.165) is 0 Å². The SMILES string of the molecule is Nc1cccc(S(=O)(=O)Cc2ccccc2F)c1. The maximum Gasteiger partial charge on any atom is 0.182 e. The van der Waals surface area contributed by atoms with Gasteiger partial charge in [0, 0.05) is 11.3 Å². The predicted molar refractivity (Wildman–Crippen MR) is 68.1 cm³/mol. The summed E-state index contributed by atoms with van der Waals surface area (Å²) < 4.78 is 37.6. The molecule has 0 aromatic heterocycles. The zero-order valence-electron chi connectivity index (χ0n) is 9.51. The Morgan fingerprint density at radius 2 is 1.78 bits per heavy atom. The lowest BCUT2D eigenvalue weighted by atomic mass is 10.2. The minimum atomic E-state index is -3.58. The molecule has 0 heterocycles. The summed E-state index contributed by atoms with van der Waals surface area (Å²) >= 11 is 0. The molecule has 0 aliphatic rings. The summed E-state index contributed by atoms with van der Waals surface area (Å²) in [4.78, 5) is 0.103. The molecule has 0 saturated carbocycles. The molecule has 0 radical (unpaired) electrons. The first-order valence-corrected chi connectivity index (χ1v) is 6.96. The van der Waals surface area contributed by atoms with Crippen molar-refractivity contribution < 1.29 is 12.8 Å². The fourth-order valence-electron chi connectivity index (χ4n) is 1.61. The highest BCUT2D eigenvalue weighted by Crippen LogP contribution is 2.19. The number of halogens is 1. The van der Waals surface area contributed by atoms with Crippen LogP contribution >= 0.6 is 0 Å². The van der Waals surface area contributed by atoms with Crippen LogP contribution in [0.25, 0.3) is 0 Å². The molecule has 0 aliphatic carbocycles. The average Bonchev–Trinajstić information content (AvgIpc) is 2.32. The van der Waals surface area contributed by atoms with E-state index in [-0.39, 0.29) is 16.2 Å². The smallest absolute Gasteiger partial charge is 0.182 e. The van der Waals surface area contributed by atoms with E-state index in [0.29, 0.717) is 5.69 Å². The highest BCUT2D eigenvalue weighted by molar-refractivity contribution is 7.90. The molecule has 2 aromatic rings. The van der Waals surface area contributed by atoms with Gasteiger partial charge in [-0.15, -0.1) is 0 Å². The summed E-state index contributed by atoms with van der Waals surface area (Å²) in [6.07, 6.45) is 0. The molecule has 0 saturated heterocycles. The molecule has 0 atom stereocenters. The first kappa shape index (κ1) is 12.6. The predicted octanol–water partition coefficient (Wildman–Crippen LogP) is 2.38. The Labute approximate surface area is 105 Å². The van der Waals surface area contributed by atoms with Crippen LogP contribution in [0.15, 0.2) is 53.4 Å². The third-order valence-corrected chi connectivity index (χ3v) is 4.18. The van der Waals surface area contributed by atoms with E-state index in [4.69, 9.17) is 5.73 Å². The fourth-order valence-corrected chi connectivity index (χ4v) is 3.02. The van der Waals surface area contributed by atoms with E-state index >= 15 is 0 Å². The monoisotopic (exact) mass is 265 g/mol. The molecule has 3 nitrogen and oxygen atoms in total. The first-order chi connectivity index (χ1) is 8.49. The Morgan fingerprint density at radius 1 is 1.06 bits per heavy atom. The van der Waals surface area contributed by atoms with Crippen LogP contribution in [0.5, 0.6) is 0 Å². The van der Waals surface area contributed by atoms with Crippen molar-refractivity contribution >= 4 is 15.5 Å². The number of hydrogen-bond acceptors (Lipinski definition) is 3. The number of benzene rings is 2. The third-order valence-electron chi connectivity index (χ3n) is 2.52. The van der Waals surface area contributed by atoms with Gasteiger partial charge in [-0.25, -0.2) is 12.8 Å². The number of rotatable bonds is 3. The van der Waals surface area contributed by atoms with Gasteiger partial charge in [-0.2, -0.15) is 0 Å². The van der Waals surface area contributed by atoms with Gasteiger partial charge in [-0.05, 0) is 24.3 Å². The number of nitrogen functional groups attached to an aromatic ring is 1. The fraction of sp³-hybridized carbons (Fsp3) is 0.0769. The summed E-state index contributed by atoms with van der Waals surface area (Å²) in [7, 11) is -3.58. The van der Waals surface area contributed by atoms with E-state index in [1.807, 2.05) is 0 Å². The average molecular weight is 265 g/mol. The summed E-state index contributed by atoms with van der Waals surface area (Å²) in [6, 6.07) is 11.8. The van der Waals surface area contributed by atoms with E-state index in [1.54, 1.807) is 18.2 Å². The summed E-state index contributed by atoms with van der Waals surface area (Å²) in [6.45, 7) is 0. The first-order valence-electron chi connectivity index (χ1n) is 5.31. The van der Waals surface area contributed by atoms with Crippen molar-refractivity contribution in [3.05, 3.63) is 59.9 Å². The zero-order chi connectivity index (χ0) is 13.2. The standard InChI is InChI=1S/C13H12FNO2S/c14-13-7-2-1-4-10(13)9-18(16,17)12-6-3-5-11(15)8-12/h1-8H,9,15H2. The van der Waals surface area contributed by atoms with Gasteiger partial charge in [-0.1, -0.05) is 24.3 Å². The van der Waals surface area contributed by atoms with Gasteiger partial charge in [0.25, 0.3) is 0 Å². The summed E-state index contributed by atoms with van der Waals surface area (Å²) in [5.74, 6) is -0.895. The molecule has 5 heteroatoms. The van der Waals surface area contributed by atoms with Crippen LogP contribution in [0.4, 0.5) is 10.1 Å². The lowest BCUT2D eigenvalue weighted by molar-refractivity contribution is 0.587. The maximum absolute atomic E-state index is 13.4. The molecule has 0 spiro atoms. The van der Waals surface area contributed by atoms with Crippen molar-refractivity contribution in [3.8, 4) is 0 Å². The largest absolute Gasteiger partial charge is 0.399 e. The van der Waals surface area contributed by atoms with Crippen molar-refractivity contribution in [2.24, 2.45) is 0 Å². The molecular weight excluding hydrogens is 253 g/mol. The topological polar surface area (TPSA) is 60.2 Å². The van der Waals surface area contributed by atoms with Crippen molar-refractivity contribution in [2.75, 3.05) is 5.73 Å². The molecule has 18 heavy (non-hydrogen) atoms. The number of anilines is 1. The van der Waals surface area contributed by atoms with Gasteiger partial charge in [0.15, 0.2) is 9.84 Å². The second-order valence-electron chi connectivity index (χ2n) is 3.92. The Morgan fingerprint density at radius 3 is 2.44 bits per heavy atom. The molecule has 0 aliphatic heterocycles. The second-order valence-corrected chi connectivity index (χ2v) is 5.91. The molecule has 2 rings (SSSR count). The number of hydrogen-bond donors (Lipinski definition) is 1. The van der Waals surface area contributed by atoms with E-state index in [2.05, 4.69) is 0 Å². The van der Waals surface area contributed by atoms with Crippen LogP contribution in [0.1, 0.15) is 5.56 Å². The van der Waals surface area contributed by atoms with Crippen LogP contribution in [-0.4, -0.2) is 8.42 Å². The molecule has 94 valence electrons. The van der Waals surface area contributed by atoms with Crippen molar-refractivity contribution in [1.82, 2.24) is 0 Å². The molecule has 0 amide bonds. The van der Waals surface area contributed by atoms with E-state index in [1.165, 1.54) is 30.3 Å². The van der Waals surface area contributed by atoms with Gasteiger partial charge in [0.05, 0.1) is 10.6 Å². The Bertz CT molecular complexity index is 668. The van der Waals surface area contributed by atoms with Gasteiger partial charge in [0.2, 0.25) is 0 Å². The Kier molecular flexibility index (Phi) is 3.34. The van der Waals surface area contributed by atoms with Crippen molar-refractivity contribution in [1.29, 1.82) is 0 Å². The minimum absolute atomic E-state index is 0.103. The lowest BCUT2D eigenvalue weighted by Gasteiger charge is -2.06. The van der Waals surface area contributed by atoms with Crippen molar-refractivity contribution in [3.63, 3.8) is 0 Å². The van der Waals surface area contributed by atoms with Gasteiger partial charge < -0.3 is 5.73 Å². The lowest BCUT2D eigenvalue weighted by Crippen LogP contribution is -2.06. The second kappa shape index (κ2) is 4.78. The Balaban J connectivity index is 2.37. The zero-order valence-corrected chi connectivity index (χ0v) is 10.3. The van der Waals surface area contributed by atoms with Crippen LogP contribution in [-0.2, 0) is 15.6 Å². The number of nitrogens with two attached hydrogens (primary N) is 1. The molecule has 0 bridgehead atoms. The summed E-state index contributed by atoms with van der Waals surface area (Å²) in [5.41, 5.74) is 6.06. The Hall–Kier alpha value is -1.88. The van der Waals surface area contributed by atoms with Crippen LogP contribution in [0, 0.1) is 5.82 Å². The normalized spacial score (nSPS) is 11.4. The maximum atomic E-state index is 13.4. The molecule has 2 aromatic carbocycles. The van der Waals surface area contributed by atoms with E-state index < -0.39 is 15.7 Å². The summed E-state index contributed by atoms with van der Waals surface area (Å²) in [5, 5.41) is 0. The molecule has 0 unspecified atom stereocenters. The van der Waals surface area contributed by atoms with Gasteiger partial charge in [0.1, 0.15) is 5.82 Å². The quantitative estimate of drug-likeness (QED) is 0.867. The highest BCUT2D eigenvalue weighted by atomic mass is 32.2. The van der Waals surface area contributed by atoms with Crippen LogP contribution in [0.2, 0.25) is 0 Å². The van der Waals surface area contributed by atoms with Crippen molar-refractivity contribution in [2.45, 2.75) is 10.6 Å². The van der Waals surface area contributed by atoms with Gasteiger partial charge >= 0.3 is 0 Å².